The van der Waals surface area contributed by atoms with Crippen molar-refractivity contribution in [2.45, 2.75) is 26.2 Å². The molecule has 0 aromatic heterocycles. The lowest BCUT2D eigenvalue weighted by Crippen LogP contribution is -2.07. The molecule has 0 unspecified atom stereocenters. The Balaban J connectivity index is 2.22. The molecule has 1 aromatic carbocycles. The molecule has 19 heavy (non-hydrogen) atoms. The Morgan fingerprint density at radius 2 is 2.26 bits per heavy atom. The van der Waals surface area contributed by atoms with Crippen molar-refractivity contribution in [1.29, 1.82) is 0 Å². The Labute approximate surface area is 112 Å². The van der Waals surface area contributed by atoms with Gasteiger partial charge in [-0.05, 0) is 24.6 Å². The topological polar surface area (TPSA) is 55.8 Å². The van der Waals surface area contributed by atoms with Gasteiger partial charge in [0.2, 0.25) is 0 Å². The Kier molecular flexibility index (Phi) is 4.44. The van der Waals surface area contributed by atoms with E-state index in [2.05, 4.69) is 6.92 Å². The summed E-state index contributed by atoms with van der Waals surface area (Å²) in [4.78, 5) is 11.1. The maximum absolute atomic E-state index is 11.1. The van der Waals surface area contributed by atoms with E-state index in [-0.39, 0.29) is 5.56 Å². The van der Waals surface area contributed by atoms with Gasteiger partial charge in [0.1, 0.15) is 6.61 Å². The van der Waals surface area contributed by atoms with Crippen LogP contribution < -0.4 is 9.47 Å². The van der Waals surface area contributed by atoms with Gasteiger partial charge < -0.3 is 14.6 Å². The molecule has 1 heterocycles. The van der Waals surface area contributed by atoms with Gasteiger partial charge in [0, 0.05) is 5.56 Å². The Bertz CT molecular complexity index is 491. The maximum Gasteiger partial charge on any atom is 0.335 e. The summed E-state index contributed by atoms with van der Waals surface area (Å²) in [5, 5.41) is 9.10. The standard InChI is InChI=1S/C15H18O4/c1-2-3-4-7-18-13-10-12(15(16)17)9-11-6-5-8-19-14(11)13/h5-6,9-10H,2-4,7-8H2,1H3,(H,16,17). The normalized spacial score (nSPS) is 12.7. The number of benzene rings is 1. The highest BCUT2D eigenvalue weighted by Gasteiger charge is 2.17. The average molecular weight is 262 g/mol. The van der Waals surface area contributed by atoms with Crippen LogP contribution in [0.3, 0.4) is 0 Å². The van der Waals surface area contributed by atoms with E-state index in [1.165, 1.54) is 6.07 Å². The third-order valence-electron chi connectivity index (χ3n) is 2.96. The highest BCUT2D eigenvalue weighted by Crippen LogP contribution is 2.36. The molecule has 0 bridgehead atoms. The molecule has 0 radical (unpaired) electrons. The second-order valence-electron chi connectivity index (χ2n) is 4.47. The van der Waals surface area contributed by atoms with E-state index >= 15 is 0 Å². The van der Waals surface area contributed by atoms with Crippen LogP contribution in [0.4, 0.5) is 0 Å². The maximum atomic E-state index is 11.1. The zero-order chi connectivity index (χ0) is 13.7. The van der Waals surface area contributed by atoms with Crippen molar-refractivity contribution >= 4 is 12.0 Å². The zero-order valence-corrected chi connectivity index (χ0v) is 11.0. The Morgan fingerprint density at radius 1 is 1.42 bits per heavy atom. The minimum atomic E-state index is -0.958. The molecule has 1 aliphatic heterocycles. The predicted octanol–water partition coefficient (Wildman–Crippen LogP) is 3.36. The molecule has 4 nitrogen and oxygen atoms in total. The van der Waals surface area contributed by atoms with Gasteiger partial charge in [-0.1, -0.05) is 25.8 Å². The zero-order valence-electron chi connectivity index (χ0n) is 11.0. The fourth-order valence-electron chi connectivity index (χ4n) is 1.97. The smallest absolute Gasteiger partial charge is 0.335 e. The van der Waals surface area contributed by atoms with Crippen LogP contribution in [0.15, 0.2) is 18.2 Å². The van der Waals surface area contributed by atoms with Crippen LogP contribution in [-0.2, 0) is 0 Å². The molecule has 0 spiro atoms. The summed E-state index contributed by atoms with van der Waals surface area (Å²) in [7, 11) is 0. The number of fused-ring (bicyclic) bond motifs is 1. The fraction of sp³-hybridized carbons (Fsp3) is 0.400. The molecule has 102 valence electrons. The van der Waals surface area contributed by atoms with Crippen molar-refractivity contribution in [3.63, 3.8) is 0 Å². The number of rotatable bonds is 6. The van der Waals surface area contributed by atoms with Crippen LogP contribution in [-0.4, -0.2) is 24.3 Å². The minimum Gasteiger partial charge on any atom is -0.490 e. The molecule has 0 amide bonds. The summed E-state index contributed by atoms with van der Waals surface area (Å²) in [6.45, 7) is 3.20. The van der Waals surface area contributed by atoms with E-state index in [0.29, 0.717) is 24.7 Å². The first-order chi connectivity index (χ1) is 9.22. The van der Waals surface area contributed by atoms with Gasteiger partial charge in [-0.15, -0.1) is 0 Å². The van der Waals surface area contributed by atoms with Gasteiger partial charge in [0.25, 0.3) is 0 Å². The lowest BCUT2D eigenvalue weighted by molar-refractivity contribution is 0.0696. The number of hydrogen-bond acceptors (Lipinski definition) is 3. The van der Waals surface area contributed by atoms with Crippen LogP contribution in [0.25, 0.3) is 6.08 Å². The minimum absolute atomic E-state index is 0.222. The summed E-state index contributed by atoms with van der Waals surface area (Å²) < 4.78 is 11.2. The monoisotopic (exact) mass is 262 g/mol. The van der Waals surface area contributed by atoms with Crippen molar-refractivity contribution in [2.75, 3.05) is 13.2 Å². The van der Waals surface area contributed by atoms with Crippen molar-refractivity contribution in [2.24, 2.45) is 0 Å². The number of carboxylic acid groups (broad SMARTS) is 1. The van der Waals surface area contributed by atoms with Gasteiger partial charge in [-0.2, -0.15) is 0 Å². The van der Waals surface area contributed by atoms with Gasteiger partial charge in [-0.25, -0.2) is 4.79 Å². The number of aromatic carboxylic acids is 1. The van der Waals surface area contributed by atoms with E-state index in [9.17, 15) is 4.79 Å². The first-order valence-electron chi connectivity index (χ1n) is 6.56. The van der Waals surface area contributed by atoms with Gasteiger partial charge in [0.05, 0.1) is 12.2 Å². The van der Waals surface area contributed by atoms with E-state index in [0.717, 1.165) is 24.8 Å². The number of carboxylic acids is 1. The number of unbranched alkanes of at least 4 members (excludes halogenated alkanes) is 2. The summed E-state index contributed by atoms with van der Waals surface area (Å²) >= 11 is 0. The third kappa shape index (κ3) is 3.28. The summed E-state index contributed by atoms with van der Waals surface area (Å²) in [5.41, 5.74) is 0.982. The molecule has 1 N–H and O–H groups in total. The number of carbonyl (C=O) groups is 1. The molecular weight excluding hydrogens is 244 g/mol. The highest BCUT2D eigenvalue weighted by molar-refractivity contribution is 5.90. The van der Waals surface area contributed by atoms with E-state index < -0.39 is 5.97 Å². The number of hydrogen-bond donors (Lipinski definition) is 1. The first kappa shape index (κ1) is 13.5. The van der Waals surface area contributed by atoms with Crippen LogP contribution in [0.1, 0.15) is 42.1 Å². The van der Waals surface area contributed by atoms with Crippen molar-refractivity contribution in [3.05, 3.63) is 29.3 Å². The lowest BCUT2D eigenvalue weighted by atomic mass is 10.1. The average Bonchev–Trinajstić information content (AvgIpc) is 2.43. The van der Waals surface area contributed by atoms with Crippen LogP contribution in [0, 0.1) is 0 Å². The molecule has 0 atom stereocenters. The molecule has 0 saturated carbocycles. The molecule has 0 saturated heterocycles. The molecule has 1 aromatic rings. The summed E-state index contributed by atoms with van der Waals surface area (Å²) in [6.07, 6.45) is 6.90. The quantitative estimate of drug-likeness (QED) is 0.799. The van der Waals surface area contributed by atoms with E-state index in [4.69, 9.17) is 14.6 Å². The summed E-state index contributed by atoms with van der Waals surface area (Å²) in [6, 6.07) is 3.14. The van der Waals surface area contributed by atoms with Crippen molar-refractivity contribution in [1.82, 2.24) is 0 Å². The van der Waals surface area contributed by atoms with Crippen LogP contribution in [0.5, 0.6) is 11.5 Å². The Hall–Kier alpha value is -1.97. The van der Waals surface area contributed by atoms with Crippen molar-refractivity contribution < 1.29 is 19.4 Å². The summed E-state index contributed by atoms with van der Waals surface area (Å²) in [5.74, 6) is 0.208. The largest absolute Gasteiger partial charge is 0.490 e. The lowest BCUT2D eigenvalue weighted by Gasteiger charge is -2.18. The van der Waals surface area contributed by atoms with E-state index in [1.807, 2.05) is 12.2 Å². The predicted molar refractivity (Wildman–Crippen MR) is 73.0 cm³/mol. The second kappa shape index (κ2) is 6.27. The molecule has 1 aliphatic rings. The molecule has 0 fully saturated rings. The molecule has 2 rings (SSSR count). The van der Waals surface area contributed by atoms with Gasteiger partial charge >= 0.3 is 5.97 Å². The molecule has 4 heteroatoms. The van der Waals surface area contributed by atoms with Crippen LogP contribution in [0.2, 0.25) is 0 Å². The first-order valence-corrected chi connectivity index (χ1v) is 6.56. The van der Waals surface area contributed by atoms with E-state index in [1.54, 1.807) is 6.07 Å². The van der Waals surface area contributed by atoms with Crippen molar-refractivity contribution in [3.8, 4) is 11.5 Å². The molecule has 0 aliphatic carbocycles. The number of ether oxygens (including phenoxy) is 2. The highest BCUT2D eigenvalue weighted by atomic mass is 16.5. The third-order valence-corrected chi connectivity index (χ3v) is 2.96. The van der Waals surface area contributed by atoms with Gasteiger partial charge in [0.15, 0.2) is 11.5 Å². The Morgan fingerprint density at radius 3 is 3.00 bits per heavy atom. The second-order valence-corrected chi connectivity index (χ2v) is 4.47. The van der Waals surface area contributed by atoms with Crippen LogP contribution >= 0.6 is 0 Å². The van der Waals surface area contributed by atoms with Gasteiger partial charge in [-0.3, -0.25) is 0 Å². The molecular formula is C15H18O4. The SMILES string of the molecule is CCCCCOc1cc(C(=O)O)cc2c1OCC=C2. The fourth-order valence-corrected chi connectivity index (χ4v) is 1.97.